The maximum Gasteiger partial charge on any atom is 4.00 e. The average molecular weight is 516 g/mol. The maximum atomic E-state index is 3.72. The summed E-state index contributed by atoms with van der Waals surface area (Å²) in [6, 6.07) is 19.7. The second-order valence-electron chi connectivity index (χ2n) is 8.86. The van der Waals surface area contributed by atoms with Crippen molar-refractivity contribution in [1.82, 2.24) is 0 Å². The molecule has 0 amide bonds. The molecule has 0 radical (unpaired) electrons. The van der Waals surface area contributed by atoms with Crippen LogP contribution in [0.25, 0.3) is 0 Å². The first kappa shape index (κ1) is 28.3. The van der Waals surface area contributed by atoms with Crippen molar-refractivity contribution in [2.24, 2.45) is 0 Å². The first-order chi connectivity index (χ1) is 14.6. The van der Waals surface area contributed by atoms with Crippen molar-refractivity contribution in [3.8, 4) is 0 Å². The standard InChI is InChI=1S/C16H22Si.2C7H7.Zr/c1-11-7-8-12(2)15(11)17(5,6)16-13(3)9-10-14(16)4;2*1-7-5-3-2-4-6-7;/h7,9H2,1-6H3;2*2-6H,1H2;/q-2;2*-1;+4. The molecular formula is C30H36SiZr. The molecule has 0 fully saturated rings. The fourth-order valence-electron chi connectivity index (χ4n) is 4.61. The molecule has 2 aliphatic rings. The van der Waals surface area contributed by atoms with Gasteiger partial charge in [-0.25, -0.2) is 21.5 Å². The molecule has 164 valence electrons. The van der Waals surface area contributed by atoms with E-state index in [1.54, 1.807) is 21.5 Å². The van der Waals surface area contributed by atoms with Crippen LogP contribution in [0.2, 0.25) is 13.1 Å². The number of benzene rings is 2. The second kappa shape index (κ2) is 13.1. The van der Waals surface area contributed by atoms with E-state index in [2.05, 4.69) is 66.8 Å². The molecule has 2 heteroatoms. The van der Waals surface area contributed by atoms with Gasteiger partial charge < -0.3 is 0 Å². The first-order valence-corrected chi connectivity index (χ1v) is 13.9. The third kappa shape index (κ3) is 7.68. The molecule has 0 nitrogen and oxygen atoms in total. The number of hydrogen-bond donors (Lipinski definition) is 0. The van der Waals surface area contributed by atoms with E-state index in [1.807, 2.05) is 60.7 Å². The topological polar surface area (TPSA) is 0 Å². The number of allylic oxidation sites excluding steroid dienone is 8. The molecular weight excluding hydrogens is 480 g/mol. The Hall–Kier alpha value is -1.76. The van der Waals surface area contributed by atoms with Gasteiger partial charge in [0.15, 0.2) is 0 Å². The summed E-state index contributed by atoms with van der Waals surface area (Å²) in [5.41, 5.74) is 8.03. The molecule has 0 spiro atoms. The predicted molar refractivity (Wildman–Crippen MR) is 139 cm³/mol. The Morgan fingerprint density at radius 3 is 1.12 bits per heavy atom. The van der Waals surface area contributed by atoms with Gasteiger partial charge in [0.2, 0.25) is 0 Å². The van der Waals surface area contributed by atoms with E-state index in [0.717, 1.165) is 24.0 Å². The van der Waals surface area contributed by atoms with Crippen molar-refractivity contribution in [2.75, 3.05) is 0 Å². The van der Waals surface area contributed by atoms with Crippen molar-refractivity contribution in [3.63, 3.8) is 0 Å². The zero-order valence-electron chi connectivity index (χ0n) is 20.6. The summed E-state index contributed by atoms with van der Waals surface area (Å²) in [6.07, 6.45) is 9.08. The summed E-state index contributed by atoms with van der Waals surface area (Å²) in [5, 5.41) is 3.27. The zero-order chi connectivity index (χ0) is 23.0. The summed E-state index contributed by atoms with van der Waals surface area (Å²) in [7, 11) is -1.53. The fourth-order valence-corrected chi connectivity index (χ4v) is 9.22. The normalized spacial score (nSPS) is 15.1. The Balaban J connectivity index is 0.000000282. The van der Waals surface area contributed by atoms with Crippen LogP contribution >= 0.6 is 0 Å². The SMILES string of the molecule is CC1=[C-]CC(C)=C1[Si](C)(C)C1=C(C)C[C-]=C1C.[CH2-]c1ccccc1.[CH2-]c1ccccc1.[Zr+4]. The van der Waals surface area contributed by atoms with E-state index >= 15 is 0 Å². The first-order valence-electron chi connectivity index (χ1n) is 10.9. The van der Waals surface area contributed by atoms with Crippen molar-refractivity contribution in [2.45, 2.75) is 53.6 Å². The van der Waals surface area contributed by atoms with Crippen LogP contribution in [0.4, 0.5) is 0 Å². The molecule has 0 unspecified atom stereocenters. The van der Waals surface area contributed by atoms with Crippen LogP contribution in [0.15, 0.2) is 93.3 Å². The summed E-state index contributed by atoms with van der Waals surface area (Å²) < 4.78 is 0. The molecule has 0 aromatic heterocycles. The molecule has 32 heavy (non-hydrogen) atoms. The monoisotopic (exact) mass is 514 g/mol. The molecule has 2 aromatic rings. The van der Waals surface area contributed by atoms with Gasteiger partial charge in [-0.15, -0.1) is 37.1 Å². The zero-order valence-corrected chi connectivity index (χ0v) is 24.1. The molecule has 0 heterocycles. The van der Waals surface area contributed by atoms with Crippen molar-refractivity contribution >= 4 is 8.07 Å². The molecule has 0 saturated carbocycles. The van der Waals surface area contributed by atoms with Crippen LogP contribution in [0.5, 0.6) is 0 Å². The minimum absolute atomic E-state index is 0. The minimum atomic E-state index is -1.53. The molecule has 2 aliphatic carbocycles. The summed E-state index contributed by atoms with van der Waals surface area (Å²) in [4.78, 5) is 0. The average Bonchev–Trinajstić information content (AvgIpc) is 3.25. The largest absolute Gasteiger partial charge is 4.00 e. The maximum absolute atomic E-state index is 3.72. The van der Waals surface area contributed by atoms with Crippen LogP contribution in [-0.2, 0) is 26.2 Å². The summed E-state index contributed by atoms with van der Waals surface area (Å²) in [6.45, 7) is 21.4. The van der Waals surface area contributed by atoms with Gasteiger partial charge >= 0.3 is 26.2 Å². The van der Waals surface area contributed by atoms with Gasteiger partial charge in [-0.05, 0) is 0 Å². The Morgan fingerprint density at radius 2 is 0.938 bits per heavy atom. The van der Waals surface area contributed by atoms with Crippen LogP contribution in [0.1, 0.15) is 51.7 Å². The number of hydrogen-bond acceptors (Lipinski definition) is 0. The Bertz CT molecular complexity index is 908. The molecule has 2 aromatic carbocycles. The van der Waals surface area contributed by atoms with Gasteiger partial charge in [0.25, 0.3) is 0 Å². The van der Waals surface area contributed by atoms with Gasteiger partial charge in [0, 0.05) is 0 Å². The molecule has 0 saturated heterocycles. The molecule has 0 aliphatic heterocycles. The third-order valence-corrected chi connectivity index (χ3v) is 9.88. The predicted octanol–water partition coefficient (Wildman–Crippen LogP) is 8.45. The fraction of sp³-hybridized carbons (Fsp3) is 0.267. The van der Waals surface area contributed by atoms with Crippen molar-refractivity contribution < 1.29 is 26.2 Å². The Morgan fingerprint density at radius 1 is 0.625 bits per heavy atom. The van der Waals surface area contributed by atoms with Gasteiger partial charge in [-0.1, -0.05) is 61.0 Å². The quantitative estimate of drug-likeness (QED) is 0.278. The summed E-state index contributed by atoms with van der Waals surface area (Å²) in [5.74, 6) is 0. The molecule has 0 atom stereocenters. The van der Waals surface area contributed by atoms with Gasteiger partial charge in [0.05, 0.1) is 0 Å². The molecule has 4 rings (SSSR count). The van der Waals surface area contributed by atoms with Crippen LogP contribution < -0.4 is 0 Å². The summed E-state index contributed by atoms with van der Waals surface area (Å²) >= 11 is 0. The van der Waals surface area contributed by atoms with Crippen LogP contribution in [0, 0.1) is 26.0 Å². The number of rotatable bonds is 2. The van der Waals surface area contributed by atoms with Gasteiger partial charge in [-0.2, -0.15) is 60.4 Å². The van der Waals surface area contributed by atoms with Crippen molar-refractivity contribution in [1.29, 1.82) is 0 Å². The van der Waals surface area contributed by atoms with Gasteiger partial charge in [-0.3, -0.25) is 12.2 Å². The van der Waals surface area contributed by atoms with Crippen LogP contribution in [-0.4, -0.2) is 8.07 Å². The van der Waals surface area contributed by atoms with E-state index in [1.165, 1.54) is 11.1 Å². The minimum Gasteiger partial charge on any atom is -0.269 e. The molecule has 0 N–H and O–H groups in total. The second-order valence-corrected chi connectivity index (χ2v) is 13.1. The van der Waals surface area contributed by atoms with E-state index in [9.17, 15) is 0 Å². The van der Waals surface area contributed by atoms with E-state index in [4.69, 9.17) is 0 Å². The molecule has 0 bridgehead atoms. The van der Waals surface area contributed by atoms with E-state index < -0.39 is 8.07 Å². The van der Waals surface area contributed by atoms with E-state index in [-0.39, 0.29) is 26.2 Å². The Kier molecular flexibility index (Phi) is 11.5. The van der Waals surface area contributed by atoms with Crippen molar-refractivity contribution in [3.05, 3.63) is 130 Å². The van der Waals surface area contributed by atoms with E-state index in [0.29, 0.717) is 0 Å². The Labute approximate surface area is 217 Å². The van der Waals surface area contributed by atoms with Gasteiger partial charge in [0.1, 0.15) is 0 Å². The van der Waals surface area contributed by atoms with Crippen LogP contribution in [0.3, 0.4) is 0 Å². The third-order valence-electron chi connectivity index (χ3n) is 5.78. The smallest absolute Gasteiger partial charge is 0.269 e.